The maximum Gasteiger partial charge on any atom is 0.407 e. The summed E-state index contributed by atoms with van der Waals surface area (Å²) in [5, 5.41) is 12.7. The van der Waals surface area contributed by atoms with Crippen LogP contribution in [-0.4, -0.2) is 29.9 Å². The predicted octanol–water partition coefficient (Wildman–Crippen LogP) is 2.57. The number of amides is 1. The van der Waals surface area contributed by atoms with E-state index in [1.807, 2.05) is 30.3 Å². The summed E-state index contributed by atoms with van der Waals surface area (Å²) in [6.45, 7) is 0.346. The fraction of sp³-hybridized carbons (Fsp3) is 0.611. The van der Waals surface area contributed by atoms with Gasteiger partial charge in [0, 0.05) is 12.6 Å². The summed E-state index contributed by atoms with van der Waals surface area (Å²) in [7, 11) is 0. The van der Waals surface area contributed by atoms with Gasteiger partial charge in [0.1, 0.15) is 6.61 Å². The van der Waals surface area contributed by atoms with Crippen LogP contribution in [0.3, 0.4) is 0 Å². The number of alkyl carbamates (subject to hydrolysis) is 1. The lowest BCUT2D eigenvalue weighted by Crippen LogP contribution is -2.44. The number of aliphatic hydroxyl groups excluding tert-OH is 1. The largest absolute Gasteiger partial charge is 0.445 e. The molecule has 0 radical (unpaired) electrons. The summed E-state index contributed by atoms with van der Waals surface area (Å²) in [6.07, 6.45) is 5.79. The number of aliphatic hydroxyl groups is 1. The highest BCUT2D eigenvalue weighted by molar-refractivity contribution is 5.67. The molecule has 0 unspecified atom stereocenters. The number of hydrogen-bond acceptors (Lipinski definition) is 4. The second kappa shape index (κ2) is 9.53. The summed E-state index contributed by atoms with van der Waals surface area (Å²) >= 11 is 0. The lowest BCUT2D eigenvalue weighted by molar-refractivity contribution is 0.108. The summed E-state index contributed by atoms with van der Waals surface area (Å²) in [4.78, 5) is 11.6. The van der Waals surface area contributed by atoms with E-state index in [0.717, 1.165) is 12.0 Å². The third-order valence-electron chi connectivity index (χ3n) is 4.49. The summed E-state index contributed by atoms with van der Waals surface area (Å²) in [6, 6.07) is 9.18. The third-order valence-corrected chi connectivity index (χ3v) is 4.49. The first kappa shape index (κ1) is 17.8. The van der Waals surface area contributed by atoms with Gasteiger partial charge in [-0.2, -0.15) is 0 Å². The highest BCUT2D eigenvalue weighted by Gasteiger charge is 2.22. The maximum atomic E-state index is 11.6. The molecule has 1 saturated carbocycles. The van der Waals surface area contributed by atoms with Gasteiger partial charge < -0.3 is 20.9 Å². The van der Waals surface area contributed by atoms with Crippen molar-refractivity contribution >= 4 is 6.09 Å². The highest BCUT2D eigenvalue weighted by Crippen LogP contribution is 2.27. The van der Waals surface area contributed by atoms with Crippen LogP contribution < -0.4 is 11.1 Å². The van der Waals surface area contributed by atoms with E-state index in [4.69, 9.17) is 10.5 Å². The SMILES string of the molecule is N[C@@H](CC1CCCCC1)[C@H](O)CNC(=O)OCc1ccccc1. The minimum atomic E-state index is -0.735. The lowest BCUT2D eigenvalue weighted by atomic mass is 9.84. The van der Waals surface area contributed by atoms with Gasteiger partial charge in [-0.15, -0.1) is 0 Å². The number of rotatable bonds is 7. The topological polar surface area (TPSA) is 84.6 Å². The van der Waals surface area contributed by atoms with Gasteiger partial charge in [-0.3, -0.25) is 0 Å². The van der Waals surface area contributed by atoms with Crippen molar-refractivity contribution in [3.05, 3.63) is 35.9 Å². The molecule has 2 atom stereocenters. The van der Waals surface area contributed by atoms with E-state index in [9.17, 15) is 9.90 Å². The number of hydrogen-bond donors (Lipinski definition) is 3. The summed E-state index contributed by atoms with van der Waals surface area (Å²) in [5.74, 6) is 0.610. The second-order valence-corrected chi connectivity index (χ2v) is 6.41. The number of carbonyl (C=O) groups excluding carboxylic acids is 1. The van der Waals surface area contributed by atoms with E-state index >= 15 is 0 Å². The van der Waals surface area contributed by atoms with Crippen LogP contribution in [0.2, 0.25) is 0 Å². The van der Waals surface area contributed by atoms with Gasteiger partial charge in [-0.25, -0.2) is 4.79 Å². The molecule has 0 aliphatic heterocycles. The number of nitrogens with one attached hydrogen (secondary N) is 1. The van der Waals surface area contributed by atoms with Gasteiger partial charge in [-0.05, 0) is 17.9 Å². The zero-order valence-corrected chi connectivity index (χ0v) is 13.6. The Morgan fingerprint density at radius 3 is 2.65 bits per heavy atom. The van der Waals surface area contributed by atoms with Crippen LogP contribution in [0.1, 0.15) is 44.1 Å². The van der Waals surface area contributed by atoms with Gasteiger partial charge in [0.15, 0.2) is 0 Å². The fourth-order valence-electron chi connectivity index (χ4n) is 3.08. The molecule has 1 aromatic rings. The molecule has 0 saturated heterocycles. The Kier molecular flexibility index (Phi) is 7.36. The minimum Gasteiger partial charge on any atom is -0.445 e. The van der Waals surface area contributed by atoms with Gasteiger partial charge in [0.25, 0.3) is 0 Å². The Morgan fingerprint density at radius 1 is 1.26 bits per heavy atom. The first-order chi connectivity index (χ1) is 11.1. The van der Waals surface area contributed by atoms with E-state index in [2.05, 4.69) is 5.32 Å². The van der Waals surface area contributed by atoms with Crippen LogP contribution in [0.4, 0.5) is 4.79 Å². The molecule has 1 aliphatic carbocycles. The number of benzene rings is 1. The molecule has 128 valence electrons. The van der Waals surface area contributed by atoms with E-state index < -0.39 is 12.2 Å². The molecule has 2 rings (SSSR count). The fourth-order valence-corrected chi connectivity index (χ4v) is 3.08. The van der Waals surface area contributed by atoms with Crippen LogP contribution in [-0.2, 0) is 11.3 Å². The molecule has 0 aromatic heterocycles. The quantitative estimate of drug-likeness (QED) is 0.721. The Hall–Kier alpha value is -1.59. The molecule has 0 bridgehead atoms. The monoisotopic (exact) mass is 320 g/mol. The van der Waals surface area contributed by atoms with Crippen molar-refractivity contribution in [1.82, 2.24) is 5.32 Å². The average Bonchev–Trinajstić information content (AvgIpc) is 2.59. The van der Waals surface area contributed by atoms with Crippen molar-refractivity contribution in [2.45, 2.75) is 57.3 Å². The van der Waals surface area contributed by atoms with Gasteiger partial charge in [-0.1, -0.05) is 62.4 Å². The van der Waals surface area contributed by atoms with Crippen LogP contribution in [0.25, 0.3) is 0 Å². The Labute approximate surface area is 138 Å². The molecule has 4 N–H and O–H groups in total. The standard InChI is InChI=1S/C18H28N2O3/c19-16(11-14-7-3-1-4-8-14)17(21)12-20-18(22)23-13-15-9-5-2-6-10-15/h2,5-6,9-10,14,16-17,21H,1,3-4,7-8,11-13,19H2,(H,20,22)/t16-,17+/m0/s1. The van der Waals surface area contributed by atoms with Crippen LogP contribution >= 0.6 is 0 Å². The molecule has 1 aliphatic rings. The van der Waals surface area contributed by atoms with E-state index in [0.29, 0.717) is 5.92 Å². The number of ether oxygens (including phenoxy) is 1. The van der Waals surface area contributed by atoms with Crippen molar-refractivity contribution < 1.29 is 14.6 Å². The van der Waals surface area contributed by atoms with Gasteiger partial charge >= 0.3 is 6.09 Å². The minimum absolute atomic E-state index is 0.126. The van der Waals surface area contributed by atoms with Crippen molar-refractivity contribution in [2.24, 2.45) is 11.7 Å². The molecule has 0 heterocycles. The average molecular weight is 320 g/mol. The van der Waals surface area contributed by atoms with E-state index in [1.165, 1.54) is 32.1 Å². The molecular formula is C18H28N2O3. The molecule has 0 spiro atoms. The van der Waals surface area contributed by atoms with Gasteiger partial charge in [0.05, 0.1) is 6.10 Å². The lowest BCUT2D eigenvalue weighted by Gasteiger charge is -2.27. The summed E-state index contributed by atoms with van der Waals surface area (Å²) in [5.41, 5.74) is 6.99. The van der Waals surface area contributed by atoms with Gasteiger partial charge in [0.2, 0.25) is 0 Å². The Balaban J connectivity index is 1.62. The molecule has 1 aromatic carbocycles. The van der Waals surface area contributed by atoms with Crippen LogP contribution in [0.5, 0.6) is 0 Å². The normalized spacial score (nSPS) is 18.2. The first-order valence-corrected chi connectivity index (χ1v) is 8.53. The smallest absolute Gasteiger partial charge is 0.407 e. The van der Waals surface area contributed by atoms with Crippen LogP contribution in [0, 0.1) is 5.92 Å². The van der Waals surface area contributed by atoms with E-state index in [1.54, 1.807) is 0 Å². The van der Waals surface area contributed by atoms with E-state index in [-0.39, 0.29) is 19.2 Å². The van der Waals surface area contributed by atoms with Crippen molar-refractivity contribution in [3.63, 3.8) is 0 Å². The van der Waals surface area contributed by atoms with Crippen molar-refractivity contribution in [1.29, 1.82) is 0 Å². The molecule has 5 heteroatoms. The predicted molar refractivity (Wildman–Crippen MR) is 89.8 cm³/mol. The second-order valence-electron chi connectivity index (χ2n) is 6.41. The Bertz CT molecular complexity index is 461. The number of carbonyl (C=O) groups is 1. The highest BCUT2D eigenvalue weighted by atomic mass is 16.5. The Morgan fingerprint density at radius 2 is 1.96 bits per heavy atom. The zero-order valence-electron chi connectivity index (χ0n) is 13.6. The van der Waals surface area contributed by atoms with Crippen molar-refractivity contribution in [3.8, 4) is 0 Å². The zero-order chi connectivity index (χ0) is 16.5. The summed E-state index contributed by atoms with van der Waals surface area (Å²) < 4.78 is 5.11. The molecule has 1 amide bonds. The van der Waals surface area contributed by atoms with Crippen molar-refractivity contribution in [2.75, 3.05) is 6.54 Å². The third kappa shape index (κ3) is 6.59. The maximum absolute atomic E-state index is 11.6. The number of nitrogens with two attached hydrogens (primary N) is 1. The molecule has 5 nitrogen and oxygen atoms in total. The molecule has 23 heavy (non-hydrogen) atoms. The molecular weight excluding hydrogens is 292 g/mol. The first-order valence-electron chi connectivity index (χ1n) is 8.53. The van der Waals surface area contributed by atoms with Crippen LogP contribution in [0.15, 0.2) is 30.3 Å². The molecule has 1 fully saturated rings.